The van der Waals surface area contributed by atoms with Crippen LogP contribution in [0.2, 0.25) is 0 Å². The normalized spacial score (nSPS) is 15.6. The lowest BCUT2D eigenvalue weighted by Crippen LogP contribution is -2.44. The first-order valence-corrected chi connectivity index (χ1v) is 7.93. The SMILES string of the molecule is O=C(O[C@@H](C(=O)N1CCOCC1)c1ccccc1)c1ccccc1. The number of rotatable bonds is 4. The molecule has 1 saturated heterocycles. The summed E-state index contributed by atoms with van der Waals surface area (Å²) in [5.74, 6) is -0.722. The van der Waals surface area contributed by atoms with Crippen molar-refractivity contribution in [3.63, 3.8) is 0 Å². The van der Waals surface area contributed by atoms with Gasteiger partial charge in [-0.25, -0.2) is 4.79 Å². The highest BCUT2D eigenvalue weighted by atomic mass is 16.5. The Kier molecular flexibility index (Phi) is 5.23. The van der Waals surface area contributed by atoms with Crippen LogP contribution in [0.3, 0.4) is 0 Å². The molecular formula is C19H19NO4. The van der Waals surface area contributed by atoms with Gasteiger partial charge in [0.25, 0.3) is 5.91 Å². The number of ether oxygens (including phenoxy) is 2. The Balaban J connectivity index is 1.82. The van der Waals surface area contributed by atoms with Crippen molar-refractivity contribution in [1.82, 2.24) is 4.90 Å². The van der Waals surface area contributed by atoms with Crippen LogP contribution in [0.15, 0.2) is 60.7 Å². The minimum Gasteiger partial charge on any atom is -0.444 e. The molecule has 1 fully saturated rings. The van der Waals surface area contributed by atoms with Crippen LogP contribution in [0.4, 0.5) is 0 Å². The van der Waals surface area contributed by atoms with Gasteiger partial charge in [-0.2, -0.15) is 0 Å². The summed E-state index contributed by atoms with van der Waals surface area (Å²) in [5.41, 5.74) is 1.09. The van der Waals surface area contributed by atoms with Gasteiger partial charge in [0.1, 0.15) is 0 Å². The first kappa shape index (κ1) is 16.2. The zero-order valence-corrected chi connectivity index (χ0v) is 13.3. The number of hydrogen-bond donors (Lipinski definition) is 0. The second kappa shape index (κ2) is 7.75. The van der Waals surface area contributed by atoms with Gasteiger partial charge >= 0.3 is 5.97 Å². The number of nitrogens with zero attached hydrogens (tertiary/aromatic N) is 1. The van der Waals surface area contributed by atoms with Crippen molar-refractivity contribution in [3.8, 4) is 0 Å². The molecule has 0 bridgehead atoms. The van der Waals surface area contributed by atoms with Crippen LogP contribution in [0.25, 0.3) is 0 Å². The van der Waals surface area contributed by atoms with Gasteiger partial charge in [0, 0.05) is 18.7 Å². The predicted molar refractivity (Wildman–Crippen MR) is 88.4 cm³/mol. The lowest BCUT2D eigenvalue weighted by Gasteiger charge is -2.30. The van der Waals surface area contributed by atoms with E-state index in [0.717, 1.165) is 0 Å². The molecule has 1 heterocycles. The first-order chi connectivity index (χ1) is 11.8. The molecule has 3 rings (SSSR count). The van der Waals surface area contributed by atoms with Gasteiger partial charge in [0.15, 0.2) is 0 Å². The summed E-state index contributed by atoms with van der Waals surface area (Å²) in [7, 11) is 0. The number of morpholine rings is 1. The smallest absolute Gasteiger partial charge is 0.339 e. The van der Waals surface area contributed by atoms with Crippen LogP contribution in [-0.2, 0) is 14.3 Å². The second-order valence-electron chi connectivity index (χ2n) is 5.50. The molecule has 0 aromatic heterocycles. The van der Waals surface area contributed by atoms with E-state index in [-0.39, 0.29) is 5.91 Å². The Hall–Kier alpha value is -2.66. The zero-order chi connectivity index (χ0) is 16.8. The summed E-state index contributed by atoms with van der Waals surface area (Å²) in [4.78, 5) is 26.9. The van der Waals surface area contributed by atoms with E-state index in [2.05, 4.69) is 0 Å². The Labute approximate surface area is 140 Å². The molecule has 0 aliphatic carbocycles. The van der Waals surface area contributed by atoms with Crippen molar-refractivity contribution in [2.75, 3.05) is 26.3 Å². The third-order valence-electron chi connectivity index (χ3n) is 3.88. The van der Waals surface area contributed by atoms with Crippen molar-refractivity contribution in [2.45, 2.75) is 6.10 Å². The van der Waals surface area contributed by atoms with Crippen LogP contribution in [0, 0.1) is 0 Å². The molecule has 2 aromatic carbocycles. The molecule has 1 aliphatic rings. The number of esters is 1. The maximum Gasteiger partial charge on any atom is 0.339 e. The Bertz CT molecular complexity index is 681. The van der Waals surface area contributed by atoms with Crippen molar-refractivity contribution in [3.05, 3.63) is 71.8 Å². The van der Waals surface area contributed by atoms with Gasteiger partial charge in [0.05, 0.1) is 18.8 Å². The van der Waals surface area contributed by atoms with E-state index in [9.17, 15) is 9.59 Å². The average molecular weight is 325 g/mol. The van der Waals surface area contributed by atoms with Crippen LogP contribution in [0.5, 0.6) is 0 Å². The lowest BCUT2D eigenvalue weighted by molar-refractivity contribution is -0.145. The number of carbonyl (C=O) groups is 2. The molecule has 0 radical (unpaired) electrons. The highest BCUT2D eigenvalue weighted by molar-refractivity contribution is 5.92. The third kappa shape index (κ3) is 3.81. The van der Waals surface area contributed by atoms with Crippen molar-refractivity contribution in [2.24, 2.45) is 0 Å². The van der Waals surface area contributed by atoms with Gasteiger partial charge in [0.2, 0.25) is 6.10 Å². The largest absolute Gasteiger partial charge is 0.444 e. The molecule has 1 atom stereocenters. The Morgan fingerprint density at radius 1 is 0.917 bits per heavy atom. The van der Waals surface area contributed by atoms with E-state index in [0.29, 0.717) is 37.4 Å². The fraction of sp³-hybridized carbons (Fsp3) is 0.263. The van der Waals surface area contributed by atoms with E-state index < -0.39 is 12.1 Å². The number of amides is 1. The summed E-state index contributed by atoms with van der Waals surface area (Å²) in [6.45, 7) is 2.01. The van der Waals surface area contributed by atoms with Crippen molar-refractivity contribution >= 4 is 11.9 Å². The summed E-state index contributed by atoms with van der Waals surface area (Å²) < 4.78 is 10.9. The van der Waals surface area contributed by atoms with Crippen LogP contribution in [0.1, 0.15) is 22.0 Å². The molecule has 0 N–H and O–H groups in total. The summed E-state index contributed by atoms with van der Waals surface area (Å²) >= 11 is 0. The molecule has 1 aliphatic heterocycles. The first-order valence-electron chi connectivity index (χ1n) is 7.93. The van der Waals surface area contributed by atoms with Crippen molar-refractivity contribution < 1.29 is 19.1 Å². The van der Waals surface area contributed by atoms with Crippen LogP contribution < -0.4 is 0 Å². The molecule has 0 unspecified atom stereocenters. The van der Waals surface area contributed by atoms with E-state index in [1.165, 1.54) is 0 Å². The average Bonchev–Trinajstić information content (AvgIpc) is 2.67. The molecule has 1 amide bonds. The number of hydrogen-bond acceptors (Lipinski definition) is 4. The Morgan fingerprint density at radius 2 is 1.50 bits per heavy atom. The summed E-state index contributed by atoms with van der Waals surface area (Å²) in [5, 5.41) is 0. The minimum atomic E-state index is -0.947. The molecular weight excluding hydrogens is 306 g/mol. The van der Waals surface area contributed by atoms with E-state index in [1.807, 2.05) is 24.3 Å². The van der Waals surface area contributed by atoms with Gasteiger partial charge in [-0.3, -0.25) is 4.79 Å². The summed E-state index contributed by atoms with van der Waals surface area (Å²) in [6.07, 6.45) is -0.947. The van der Waals surface area contributed by atoms with Gasteiger partial charge < -0.3 is 14.4 Å². The molecule has 124 valence electrons. The number of benzene rings is 2. The van der Waals surface area contributed by atoms with Crippen molar-refractivity contribution in [1.29, 1.82) is 0 Å². The maximum absolute atomic E-state index is 12.9. The standard InChI is InChI=1S/C19H19NO4/c21-18(20-11-13-23-14-12-20)17(15-7-3-1-4-8-15)24-19(22)16-9-5-2-6-10-16/h1-10,17H,11-14H2/t17-/m1/s1. The molecule has 24 heavy (non-hydrogen) atoms. The van der Waals surface area contributed by atoms with E-state index in [4.69, 9.17) is 9.47 Å². The summed E-state index contributed by atoms with van der Waals surface area (Å²) in [6, 6.07) is 17.8. The second-order valence-corrected chi connectivity index (χ2v) is 5.50. The van der Waals surface area contributed by atoms with E-state index in [1.54, 1.807) is 41.3 Å². The molecule has 0 spiro atoms. The highest BCUT2D eigenvalue weighted by Gasteiger charge is 2.30. The molecule has 5 heteroatoms. The third-order valence-corrected chi connectivity index (χ3v) is 3.88. The lowest BCUT2D eigenvalue weighted by atomic mass is 10.1. The van der Waals surface area contributed by atoms with Gasteiger partial charge in [-0.05, 0) is 12.1 Å². The molecule has 2 aromatic rings. The highest BCUT2D eigenvalue weighted by Crippen LogP contribution is 2.22. The number of carbonyl (C=O) groups excluding carboxylic acids is 2. The molecule has 0 saturated carbocycles. The predicted octanol–water partition coefficient (Wildman–Crippen LogP) is 2.44. The quantitative estimate of drug-likeness (QED) is 0.810. The van der Waals surface area contributed by atoms with Gasteiger partial charge in [-0.15, -0.1) is 0 Å². The minimum absolute atomic E-state index is 0.214. The van der Waals surface area contributed by atoms with E-state index >= 15 is 0 Å². The molecule has 5 nitrogen and oxygen atoms in total. The maximum atomic E-state index is 12.9. The monoisotopic (exact) mass is 325 g/mol. The Morgan fingerprint density at radius 3 is 2.12 bits per heavy atom. The fourth-order valence-corrected chi connectivity index (χ4v) is 2.59. The zero-order valence-electron chi connectivity index (χ0n) is 13.3. The van der Waals surface area contributed by atoms with Crippen LogP contribution in [-0.4, -0.2) is 43.1 Å². The van der Waals surface area contributed by atoms with Crippen LogP contribution >= 0.6 is 0 Å². The fourth-order valence-electron chi connectivity index (χ4n) is 2.59. The topological polar surface area (TPSA) is 55.8 Å². The van der Waals surface area contributed by atoms with Gasteiger partial charge in [-0.1, -0.05) is 48.5 Å².